The van der Waals surface area contributed by atoms with Crippen LogP contribution in [0.5, 0.6) is 0 Å². The van der Waals surface area contributed by atoms with Crippen molar-refractivity contribution in [2.75, 3.05) is 18.4 Å². The van der Waals surface area contributed by atoms with Crippen molar-refractivity contribution in [1.29, 1.82) is 0 Å². The molecule has 2 heterocycles. The van der Waals surface area contributed by atoms with Gasteiger partial charge in [-0.15, -0.1) is 0 Å². The molecule has 24 heavy (non-hydrogen) atoms. The SMILES string of the molecule is Cc1cccc(NCc2nc(C3CC3)no2)c1C(=O)N1CCCC1. The highest BCUT2D eigenvalue weighted by Crippen LogP contribution is 2.38. The second-order valence-electron chi connectivity index (χ2n) is 6.67. The van der Waals surface area contributed by atoms with Crippen LogP contribution in [0.15, 0.2) is 22.7 Å². The van der Waals surface area contributed by atoms with Crippen LogP contribution in [0.1, 0.15) is 59.2 Å². The van der Waals surface area contributed by atoms with Crippen LogP contribution in [-0.4, -0.2) is 34.0 Å². The Labute approximate surface area is 141 Å². The van der Waals surface area contributed by atoms with Gasteiger partial charge in [-0.1, -0.05) is 17.3 Å². The Morgan fingerprint density at radius 1 is 1.33 bits per heavy atom. The van der Waals surface area contributed by atoms with E-state index in [1.165, 1.54) is 0 Å². The highest BCUT2D eigenvalue weighted by molar-refractivity contribution is 6.01. The summed E-state index contributed by atoms with van der Waals surface area (Å²) in [4.78, 5) is 19.2. The number of rotatable bonds is 5. The maximum Gasteiger partial charge on any atom is 0.256 e. The van der Waals surface area contributed by atoms with E-state index in [9.17, 15) is 4.79 Å². The van der Waals surface area contributed by atoms with E-state index >= 15 is 0 Å². The number of aromatic nitrogens is 2. The molecule has 6 nitrogen and oxygen atoms in total. The van der Waals surface area contributed by atoms with E-state index < -0.39 is 0 Å². The second-order valence-corrected chi connectivity index (χ2v) is 6.67. The fraction of sp³-hybridized carbons (Fsp3) is 0.500. The molecule has 1 aromatic carbocycles. The molecule has 4 rings (SSSR count). The van der Waals surface area contributed by atoms with Gasteiger partial charge < -0.3 is 14.7 Å². The molecule has 126 valence electrons. The minimum absolute atomic E-state index is 0.109. The first-order valence-electron chi connectivity index (χ1n) is 8.67. The summed E-state index contributed by atoms with van der Waals surface area (Å²) in [6.45, 7) is 4.11. The average molecular weight is 326 g/mol. The zero-order valence-corrected chi connectivity index (χ0v) is 13.9. The summed E-state index contributed by atoms with van der Waals surface area (Å²) in [7, 11) is 0. The minimum Gasteiger partial charge on any atom is -0.375 e. The minimum atomic E-state index is 0.109. The molecule has 0 unspecified atom stereocenters. The predicted octanol–water partition coefficient (Wildman–Crippen LogP) is 3.10. The topological polar surface area (TPSA) is 71.3 Å². The van der Waals surface area contributed by atoms with Crippen molar-refractivity contribution in [2.24, 2.45) is 0 Å². The van der Waals surface area contributed by atoms with E-state index in [-0.39, 0.29) is 5.91 Å². The van der Waals surface area contributed by atoms with Gasteiger partial charge in [0.1, 0.15) is 0 Å². The summed E-state index contributed by atoms with van der Waals surface area (Å²) >= 11 is 0. The molecule has 1 amide bonds. The highest BCUT2D eigenvalue weighted by atomic mass is 16.5. The Balaban J connectivity index is 1.51. The van der Waals surface area contributed by atoms with Gasteiger partial charge in [-0.05, 0) is 44.2 Å². The molecule has 2 fully saturated rings. The molecule has 0 spiro atoms. The van der Waals surface area contributed by atoms with Crippen molar-refractivity contribution in [3.63, 3.8) is 0 Å². The number of hydrogen-bond acceptors (Lipinski definition) is 5. The molecule has 6 heteroatoms. The molecule has 1 saturated heterocycles. The molecule has 1 aliphatic carbocycles. The van der Waals surface area contributed by atoms with Crippen LogP contribution in [0.2, 0.25) is 0 Å². The first-order chi connectivity index (χ1) is 11.7. The van der Waals surface area contributed by atoms with Gasteiger partial charge in [0.25, 0.3) is 5.91 Å². The monoisotopic (exact) mass is 326 g/mol. The van der Waals surface area contributed by atoms with Crippen molar-refractivity contribution in [3.05, 3.63) is 41.0 Å². The molecule has 1 aromatic heterocycles. The standard InChI is InChI=1S/C18H22N4O2/c1-12-5-4-6-14(16(12)18(23)22-9-2-3-10-22)19-11-15-20-17(21-24-15)13-7-8-13/h4-6,13,19H,2-3,7-11H2,1H3. The number of amides is 1. The lowest BCUT2D eigenvalue weighted by Gasteiger charge is -2.19. The largest absolute Gasteiger partial charge is 0.375 e. The molecule has 0 radical (unpaired) electrons. The van der Waals surface area contributed by atoms with Crippen LogP contribution in [0.3, 0.4) is 0 Å². The molecular weight excluding hydrogens is 304 g/mol. The zero-order chi connectivity index (χ0) is 16.5. The third-order valence-electron chi connectivity index (χ3n) is 4.74. The van der Waals surface area contributed by atoms with E-state index in [1.807, 2.05) is 30.0 Å². The molecule has 1 N–H and O–H groups in total. The number of anilines is 1. The number of nitrogens with one attached hydrogen (secondary N) is 1. The number of likely N-dealkylation sites (tertiary alicyclic amines) is 1. The van der Waals surface area contributed by atoms with Gasteiger partial charge in [0.2, 0.25) is 5.89 Å². The Kier molecular flexibility index (Phi) is 3.96. The Morgan fingerprint density at radius 3 is 2.88 bits per heavy atom. The number of carbonyl (C=O) groups is 1. The van der Waals surface area contributed by atoms with Gasteiger partial charge in [0, 0.05) is 24.7 Å². The van der Waals surface area contributed by atoms with Crippen LogP contribution in [-0.2, 0) is 6.54 Å². The van der Waals surface area contributed by atoms with E-state index in [2.05, 4.69) is 15.5 Å². The lowest BCUT2D eigenvalue weighted by atomic mass is 10.0. The first-order valence-corrected chi connectivity index (χ1v) is 8.67. The average Bonchev–Trinajstić information content (AvgIpc) is 3.11. The lowest BCUT2D eigenvalue weighted by molar-refractivity contribution is 0.0793. The molecule has 2 aromatic rings. The van der Waals surface area contributed by atoms with Crippen LogP contribution in [0, 0.1) is 6.92 Å². The Bertz CT molecular complexity index is 745. The molecule has 2 aliphatic rings. The summed E-state index contributed by atoms with van der Waals surface area (Å²) in [5.41, 5.74) is 2.57. The third kappa shape index (κ3) is 3.00. The maximum atomic E-state index is 12.8. The Morgan fingerprint density at radius 2 is 2.12 bits per heavy atom. The van der Waals surface area contributed by atoms with Crippen LogP contribution < -0.4 is 5.32 Å². The smallest absolute Gasteiger partial charge is 0.256 e. The van der Waals surface area contributed by atoms with Crippen LogP contribution in [0.4, 0.5) is 5.69 Å². The molecule has 0 atom stereocenters. The number of carbonyl (C=O) groups excluding carboxylic acids is 1. The first kappa shape index (κ1) is 15.2. The van der Waals surface area contributed by atoms with Crippen molar-refractivity contribution in [1.82, 2.24) is 15.0 Å². The summed E-state index contributed by atoms with van der Waals surface area (Å²) in [6.07, 6.45) is 4.48. The normalized spacial score (nSPS) is 17.3. The van der Waals surface area contributed by atoms with Gasteiger partial charge in [0.05, 0.1) is 12.1 Å². The number of benzene rings is 1. The third-order valence-corrected chi connectivity index (χ3v) is 4.74. The molecule has 1 aliphatic heterocycles. The summed E-state index contributed by atoms with van der Waals surface area (Å²) in [6, 6.07) is 5.88. The van der Waals surface area contributed by atoms with E-state index in [0.29, 0.717) is 18.4 Å². The Hall–Kier alpha value is -2.37. The van der Waals surface area contributed by atoms with Crippen molar-refractivity contribution >= 4 is 11.6 Å². The molecular formula is C18H22N4O2. The molecule has 1 saturated carbocycles. The summed E-state index contributed by atoms with van der Waals surface area (Å²) in [5.74, 6) is 1.97. The fourth-order valence-corrected chi connectivity index (χ4v) is 3.20. The maximum absolute atomic E-state index is 12.8. The predicted molar refractivity (Wildman–Crippen MR) is 89.9 cm³/mol. The van der Waals surface area contributed by atoms with Gasteiger partial charge in [-0.25, -0.2) is 0 Å². The quantitative estimate of drug-likeness (QED) is 0.914. The highest BCUT2D eigenvalue weighted by Gasteiger charge is 2.29. The number of aryl methyl sites for hydroxylation is 1. The second kappa shape index (κ2) is 6.26. The van der Waals surface area contributed by atoms with Crippen molar-refractivity contribution < 1.29 is 9.32 Å². The van der Waals surface area contributed by atoms with E-state index in [4.69, 9.17) is 4.52 Å². The van der Waals surface area contributed by atoms with Crippen molar-refractivity contribution in [3.8, 4) is 0 Å². The fourth-order valence-electron chi connectivity index (χ4n) is 3.20. The van der Waals surface area contributed by atoms with Crippen molar-refractivity contribution in [2.45, 2.75) is 45.1 Å². The lowest BCUT2D eigenvalue weighted by Crippen LogP contribution is -2.29. The number of nitrogens with zero attached hydrogens (tertiary/aromatic N) is 3. The van der Waals surface area contributed by atoms with Crippen LogP contribution >= 0.6 is 0 Å². The summed E-state index contributed by atoms with van der Waals surface area (Å²) < 4.78 is 5.30. The van der Waals surface area contributed by atoms with Gasteiger partial charge in [-0.3, -0.25) is 4.79 Å². The molecule has 0 bridgehead atoms. The van der Waals surface area contributed by atoms with E-state index in [1.54, 1.807) is 0 Å². The zero-order valence-electron chi connectivity index (χ0n) is 13.9. The van der Waals surface area contributed by atoms with E-state index in [0.717, 1.165) is 61.4 Å². The van der Waals surface area contributed by atoms with Gasteiger partial charge in [-0.2, -0.15) is 4.98 Å². The van der Waals surface area contributed by atoms with Crippen LogP contribution in [0.25, 0.3) is 0 Å². The van der Waals surface area contributed by atoms with Gasteiger partial charge in [0.15, 0.2) is 5.82 Å². The van der Waals surface area contributed by atoms with Gasteiger partial charge >= 0.3 is 0 Å². The summed E-state index contributed by atoms with van der Waals surface area (Å²) in [5, 5.41) is 7.33. The number of hydrogen-bond donors (Lipinski definition) is 1.